The van der Waals surface area contributed by atoms with E-state index in [4.69, 9.17) is 0 Å². The monoisotopic (exact) mass is 270 g/mol. The van der Waals surface area contributed by atoms with Gasteiger partial charge in [-0.25, -0.2) is 9.37 Å². The van der Waals surface area contributed by atoms with E-state index in [0.29, 0.717) is 12.2 Å². The van der Waals surface area contributed by atoms with E-state index >= 15 is 0 Å². The minimum absolute atomic E-state index is 0.300. The van der Waals surface area contributed by atoms with Gasteiger partial charge in [0.05, 0.1) is 29.2 Å². The van der Waals surface area contributed by atoms with Gasteiger partial charge >= 0.3 is 0 Å². The Bertz CT molecular complexity index is 722. The lowest BCUT2D eigenvalue weighted by molar-refractivity contribution is 0.610. The van der Waals surface area contributed by atoms with E-state index in [1.165, 1.54) is 6.20 Å². The van der Waals surface area contributed by atoms with Crippen LogP contribution in [-0.2, 0) is 6.54 Å². The first-order chi connectivity index (χ1) is 9.75. The number of likely N-dealkylation sites (N-methyl/N-ethyl adjacent to an activating group) is 1. The van der Waals surface area contributed by atoms with Crippen molar-refractivity contribution in [1.82, 2.24) is 14.5 Å². The van der Waals surface area contributed by atoms with Crippen LogP contribution in [0, 0.1) is 5.82 Å². The largest absolute Gasteiger partial charge is 0.370 e. The highest BCUT2D eigenvalue weighted by molar-refractivity contribution is 5.74. The van der Waals surface area contributed by atoms with Crippen molar-refractivity contribution in [2.45, 2.75) is 6.54 Å². The number of nitrogens with zero attached hydrogens (tertiary/aromatic N) is 4. The average molecular weight is 270 g/mol. The van der Waals surface area contributed by atoms with Gasteiger partial charge in [-0.2, -0.15) is 0 Å². The van der Waals surface area contributed by atoms with Crippen LogP contribution in [0.4, 0.5) is 10.1 Å². The molecule has 0 N–H and O–H groups in total. The van der Waals surface area contributed by atoms with Crippen molar-refractivity contribution >= 4 is 16.7 Å². The molecule has 4 nitrogen and oxygen atoms in total. The number of hydrogen-bond acceptors (Lipinski definition) is 3. The molecular weight excluding hydrogens is 255 g/mol. The number of fused-ring (bicyclic) bond motifs is 1. The van der Waals surface area contributed by atoms with E-state index < -0.39 is 0 Å². The molecule has 2 heterocycles. The Kier molecular flexibility index (Phi) is 3.33. The van der Waals surface area contributed by atoms with Crippen LogP contribution >= 0.6 is 0 Å². The third-order valence-corrected chi connectivity index (χ3v) is 3.37. The second-order valence-corrected chi connectivity index (χ2v) is 4.68. The van der Waals surface area contributed by atoms with Crippen molar-refractivity contribution in [3.05, 3.63) is 54.9 Å². The van der Waals surface area contributed by atoms with Gasteiger partial charge < -0.3 is 9.47 Å². The van der Waals surface area contributed by atoms with Crippen molar-refractivity contribution in [3.63, 3.8) is 0 Å². The Morgan fingerprint density at radius 3 is 2.95 bits per heavy atom. The molecule has 1 aromatic carbocycles. The number of aromatic nitrogens is 3. The Morgan fingerprint density at radius 2 is 2.10 bits per heavy atom. The molecule has 0 spiro atoms. The summed E-state index contributed by atoms with van der Waals surface area (Å²) >= 11 is 0. The second-order valence-electron chi connectivity index (χ2n) is 4.68. The predicted molar refractivity (Wildman–Crippen MR) is 77.2 cm³/mol. The van der Waals surface area contributed by atoms with Crippen LogP contribution in [0.15, 0.2) is 49.1 Å². The van der Waals surface area contributed by atoms with Crippen LogP contribution < -0.4 is 4.90 Å². The minimum atomic E-state index is -0.300. The van der Waals surface area contributed by atoms with Gasteiger partial charge in [0, 0.05) is 26.3 Å². The fourth-order valence-corrected chi connectivity index (χ4v) is 2.24. The molecule has 5 heteroatoms. The SMILES string of the molecule is CN(CCn1cnc2ccccc21)c1ccncc1F. The van der Waals surface area contributed by atoms with Crippen molar-refractivity contribution in [1.29, 1.82) is 0 Å². The smallest absolute Gasteiger partial charge is 0.164 e. The summed E-state index contributed by atoms with van der Waals surface area (Å²) in [7, 11) is 1.87. The van der Waals surface area contributed by atoms with Crippen molar-refractivity contribution in [2.75, 3.05) is 18.5 Å². The summed E-state index contributed by atoms with van der Waals surface area (Å²) < 4.78 is 15.7. The first-order valence-corrected chi connectivity index (χ1v) is 6.46. The van der Waals surface area contributed by atoms with Gasteiger partial charge in [0.1, 0.15) is 0 Å². The quantitative estimate of drug-likeness (QED) is 0.731. The summed E-state index contributed by atoms with van der Waals surface area (Å²) in [6, 6.07) is 9.67. The normalized spacial score (nSPS) is 10.9. The van der Waals surface area contributed by atoms with E-state index in [1.807, 2.05) is 42.5 Å². The first kappa shape index (κ1) is 12.6. The summed E-state index contributed by atoms with van der Waals surface area (Å²) in [5.74, 6) is -0.300. The Balaban J connectivity index is 1.75. The molecule has 20 heavy (non-hydrogen) atoms. The molecule has 2 aromatic heterocycles. The summed E-state index contributed by atoms with van der Waals surface area (Å²) in [4.78, 5) is 9.99. The lowest BCUT2D eigenvalue weighted by atomic mass is 10.3. The lowest BCUT2D eigenvalue weighted by Gasteiger charge is -2.19. The molecule has 0 radical (unpaired) electrons. The molecule has 3 aromatic rings. The molecule has 0 aliphatic heterocycles. The van der Waals surface area contributed by atoms with Crippen LogP contribution in [0.25, 0.3) is 11.0 Å². The topological polar surface area (TPSA) is 34.0 Å². The molecule has 0 amide bonds. The molecule has 0 saturated heterocycles. The average Bonchev–Trinajstić information content (AvgIpc) is 2.88. The fourth-order valence-electron chi connectivity index (χ4n) is 2.24. The third-order valence-electron chi connectivity index (χ3n) is 3.37. The fraction of sp³-hybridized carbons (Fsp3) is 0.200. The van der Waals surface area contributed by atoms with E-state index in [9.17, 15) is 4.39 Å². The number of benzene rings is 1. The van der Waals surface area contributed by atoms with Gasteiger partial charge in [0.15, 0.2) is 5.82 Å². The third kappa shape index (κ3) is 2.34. The standard InChI is InChI=1S/C15H15FN4/c1-19(14-6-7-17-10-12(14)16)8-9-20-11-18-13-4-2-3-5-15(13)20/h2-7,10-11H,8-9H2,1H3. The van der Waals surface area contributed by atoms with E-state index in [2.05, 4.69) is 14.5 Å². The highest BCUT2D eigenvalue weighted by Crippen LogP contribution is 2.16. The van der Waals surface area contributed by atoms with Gasteiger partial charge in [0.25, 0.3) is 0 Å². The highest BCUT2D eigenvalue weighted by atomic mass is 19.1. The van der Waals surface area contributed by atoms with Crippen molar-refractivity contribution in [2.24, 2.45) is 0 Å². The van der Waals surface area contributed by atoms with Gasteiger partial charge in [-0.15, -0.1) is 0 Å². The minimum Gasteiger partial charge on any atom is -0.370 e. The lowest BCUT2D eigenvalue weighted by Crippen LogP contribution is -2.23. The van der Waals surface area contributed by atoms with Gasteiger partial charge in [0.2, 0.25) is 0 Å². The maximum Gasteiger partial charge on any atom is 0.164 e. The van der Waals surface area contributed by atoms with Crippen LogP contribution in [0.2, 0.25) is 0 Å². The molecule has 0 bridgehead atoms. The number of anilines is 1. The maximum absolute atomic E-state index is 13.6. The highest BCUT2D eigenvalue weighted by Gasteiger charge is 2.08. The van der Waals surface area contributed by atoms with E-state index in [1.54, 1.807) is 12.3 Å². The molecule has 3 rings (SSSR count). The van der Waals surface area contributed by atoms with Crippen LogP contribution in [0.1, 0.15) is 0 Å². The number of imidazole rings is 1. The Hall–Kier alpha value is -2.43. The number of para-hydroxylation sites is 2. The zero-order chi connectivity index (χ0) is 13.9. The predicted octanol–water partition coefficient (Wildman–Crippen LogP) is 2.71. The summed E-state index contributed by atoms with van der Waals surface area (Å²) in [5.41, 5.74) is 2.63. The number of hydrogen-bond donors (Lipinski definition) is 0. The van der Waals surface area contributed by atoms with E-state index in [-0.39, 0.29) is 5.82 Å². The number of rotatable bonds is 4. The van der Waals surface area contributed by atoms with Gasteiger partial charge in [-0.05, 0) is 18.2 Å². The molecule has 0 aliphatic carbocycles. The molecule has 0 saturated carbocycles. The molecule has 0 fully saturated rings. The van der Waals surface area contributed by atoms with Gasteiger partial charge in [-0.3, -0.25) is 4.98 Å². The van der Waals surface area contributed by atoms with Crippen molar-refractivity contribution < 1.29 is 4.39 Å². The zero-order valence-electron chi connectivity index (χ0n) is 11.2. The van der Waals surface area contributed by atoms with E-state index in [0.717, 1.165) is 17.6 Å². The Morgan fingerprint density at radius 1 is 1.25 bits per heavy atom. The molecule has 0 atom stereocenters. The van der Waals surface area contributed by atoms with Crippen LogP contribution in [0.3, 0.4) is 0 Å². The maximum atomic E-state index is 13.6. The summed E-state index contributed by atoms with van der Waals surface area (Å²) in [6.07, 6.45) is 4.65. The summed E-state index contributed by atoms with van der Waals surface area (Å²) in [6.45, 7) is 1.44. The summed E-state index contributed by atoms with van der Waals surface area (Å²) in [5, 5.41) is 0. The van der Waals surface area contributed by atoms with Crippen molar-refractivity contribution in [3.8, 4) is 0 Å². The second kappa shape index (κ2) is 5.28. The molecule has 102 valence electrons. The van der Waals surface area contributed by atoms with Gasteiger partial charge in [-0.1, -0.05) is 12.1 Å². The molecule has 0 aliphatic rings. The number of halogens is 1. The number of pyridine rings is 1. The van der Waals surface area contributed by atoms with Crippen LogP contribution in [-0.4, -0.2) is 28.1 Å². The zero-order valence-corrected chi connectivity index (χ0v) is 11.2. The molecular formula is C15H15FN4. The first-order valence-electron chi connectivity index (χ1n) is 6.46. The Labute approximate surface area is 116 Å². The molecule has 0 unspecified atom stereocenters. The van der Waals surface area contributed by atoms with Crippen LogP contribution in [0.5, 0.6) is 0 Å².